The average Bonchev–Trinajstić information content (AvgIpc) is 3.49. The van der Waals surface area contributed by atoms with E-state index >= 15 is 0 Å². The smallest absolute Gasteiger partial charge is 0.233 e. The fourth-order valence-electron chi connectivity index (χ4n) is 4.77. The van der Waals surface area contributed by atoms with Gasteiger partial charge in [-0.1, -0.05) is 30.0 Å². The number of amides is 1. The van der Waals surface area contributed by atoms with Crippen LogP contribution >= 0.6 is 11.8 Å². The second kappa shape index (κ2) is 9.50. The Labute approximate surface area is 202 Å². The standard InChI is InChI=1S/C25H27N5O3S/c1-4-29-19-9-6-5-8-17(19)23-24(29)26-25(28-27-23)34-15-22(31)30-13-7-10-20(30)18-14-16(32-2)11-12-21(18)33-3/h5-6,8-9,11-12,14,20H,4,7,10,13,15H2,1-3H3. The van der Waals surface area contributed by atoms with Gasteiger partial charge in [0.15, 0.2) is 5.65 Å². The molecule has 0 aliphatic carbocycles. The number of carbonyl (C=O) groups is 1. The second-order valence-electron chi connectivity index (χ2n) is 8.17. The Kier molecular flexibility index (Phi) is 6.28. The van der Waals surface area contributed by atoms with Gasteiger partial charge in [0.05, 0.1) is 31.5 Å². The summed E-state index contributed by atoms with van der Waals surface area (Å²) in [7, 11) is 3.29. The summed E-state index contributed by atoms with van der Waals surface area (Å²) in [5.41, 5.74) is 3.66. The zero-order valence-corrected chi connectivity index (χ0v) is 20.3. The van der Waals surface area contributed by atoms with Gasteiger partial charge in [-0.05, 0) is 44.0 Å². The number of methoxy groups -OCH3 is 2. The van der Waals surface area contributed by atoms with E-state index in [0.29, 0.717) is 11.7 Å². The zero-order chi connectivity index (χ0) is 23.7. The van der Waals surface area contributed by atoms with Gasteiger partial charge in [-0.25, -0.2) is 4.98 Å². The Hall–Kier alpha value is -3.33. The van der Waals surface area contributed by atoms with Crippen LogP contribution in [0, 0.1) is 0 Å². The van der Waals surface area contributed by atoms with Crippen LogP contribution < -0.4 is 9.47 Å². The normalized spacial score (nSPS) is 15.9. The molecule has 1 aliphatic heterocycles. The van der Waals surface area contributed by atoms with Gasteiger partial charge in [-0.15, -0.1) is 10.2 Å². The maximum absolute atomic E-state index is 13.2. The molecule has 1 unspecified atom stereocenters. The highest BCUT2D eigenvalue weighted by molar-refractivity contribution is 7.99. The Morgan fingerprint density at radius 3 is 2.79 bits per heavy atom. The van der Waals surface area contributed by atoms with E-state index in [1.165, 1.54) is 11.8 Å². The first-order chi connectivity index (χ1) is 16.6. The van der Waals surface area contributed by atoms with Gasteiger partial charge in [-0.3, -0.25) is 4.79 Å². The lowest BCUT2D eigenvalue weighted by molar-refractivity contribution is -0.129. The molecule has 34 heavy (non-hydrogen) atoms. The van der Waals surface area contributed by atoms with Crippen molar-refractivity contribution in [3.8, 4) is 11.5 Å². The van der Waals surface area contributed by atoms with E-state index in [1.54, 1.807) is 14.2 Å². The number of rotatable bonds is 7. The minimum Gasteiger partial charge on any atom is -0.497 e. The quantitative estimate of drug-likeness (QED) is 0.363. The van der Waals surface area contributed by atoms with Crippen LogP contribution in [0.3, 0.4) is 0 Å². The van der Waals surface area contributed by atoms with Gasteiger partial charge in [0.1, 0.15) is 17.0 Å². The number of carbonyl (C=O) groups excluding carboxylic acids is 1. The fourth-order valence-corrected chi connectivity index (χ4v) is 5.44. The molecule has 1 fully saturated rings. The maximum Gasteiger partial charge on any atom is 0.233 e. The lowest BCUT2D eigenvalue weighted by atomic mass is 10.0. The van der Waals surface area contributed by atoms with Crippen LogP contribution in [0.25, 0.3) is 22.1 Å². The van der Waals surface area contributed by atoms with Crippen LogP contribution in [0.1, 0.15) is 31.4 Å². The van der Waals surface area contributed by atoms with Crippen molar-refractivity contribution in [2.45, 2.75) is 37.5 Å². The Morgan fingerprint density at radius 2 is 2.00 bits per heavy atom. The number of benzene rings is 2. The second-order valence-corrected chi connectivity index (χ2v) is 9.11. The van der Waals surface area contributed by atoms with Gasteiger partial charge < -0.3 is 18.9 Å². The minimum atomic E-state index is -0.0395. The molecular formula is C25H27N5O3S. The molecule has 5 rings (SSSR count). The average molecular weight is 478 g/mol. The lowest BCUT2D eigenvalue weighted by Gasteiger charge is -2.26. The number of hydrogen-bond acceptors (Lipinski definition) is 7. The lowest BCUT2D eigenvalue weighted by Crippen LogP contribution is -2.32. The Balaban J connectivity index is 1.36. The van der Waals surface area contributed by atoms with Crippen molar-refractivity contribution in [1.82, 2.24) is 24.6 Å². The highest BCUT2D eigenvalue weighted by Crippen LogP contribution is 2.39. The third-order valence-corrected chi connectivity index (χ3v) is 7.19. The molecule has 0 N–H and O–H groups in total. The fraction of sp³-hybridized carbons (Fsp3) is 0.360. The van der Waals surface area contributed by atoms with E-state index in [9.17, 15) is 4.79 Å². The molecule has 1 saturated heterocycles. The van der Waals surface area contributed by atoms with Crippen LogP contribution in [0.4, 0.5) is 0 Å². The van der Waals surface area contributed by atoms with Gasteiger partial charge in [0, 0.05) is 24.0 Å². The molecule has 0 spiro atoms. The molecule has 1 amide bonds. The number of para-hydroxylation sites is 1. The highest BCUT2D eigenvalue weighted by atomic mass is 32.2. The van der Waals surface area contributed by atoms with E-state index in [0.717, 1.165) is 58.5 Å². The zero-order valence-electron chi connectivity index (χ0n) is 19.5. The van der Waals surface area contributed by atoms with Crippen molar-refractivity contribution >= 4 is 39.7 Å². The van der Waals surface area contributed by atoms with Crippen LogP contribution in [0.15, 0.2) is 47.6 Å². The predicted molar refractivity (Wildman–Crippen MR) is 132 cm³/mol. The first-order valence-electron chi connectivity index (χ1n) is 11.4. The van der Waals surface area contributed by atoms with Gasteiger partial charge in [0.2, 0.25) is 11.1 Å². The Bertz CT molecular complexity index is 1360. The number of aryl methyl sites for hydroxylation is 1. The number of thioether (sulfide) groups is 1. The summed E-state index contributed by atoms with van der Waals surface area (Å²) in [6.07, 6.45) is 1.84. The van der Waals surface area contributed by atoms with E-state index in [1.807, 2.05) is 41.3 Å². The first-order valence-corrected chi connectivity index (χ1v) is 12.4. The predicted octanol–water partition coefficient (Wildman–Crippen LogP) is 4.47. The molecule has 4 aromatic rings. The SMILES string of the molecule is CCn1c2ccccc2c2nnc(SCC(=O)N3CCCC3c3cc(OC)ccc3OC)nc21. The summed E-state index contributed by atoms with van der Waals surface area (Å²) < 4.78 is 13.1. The van der Waals surface area contributed by atoms with Crippen LogP contribution in [0.2, 0.25) is 0 Å². The van der Waals surface area contributed by atoms with E-state index in [2.05, 4.69) is 27.8 Å². The molecule has 1 aliphatic rings. The highest BCUT2D eigenvalue weighted by Gasteiger charge is 2.32. The summed E-state index contributed by atoms with van der Waals surface area (Å²) in [6, 6.07) is 13.8. The Morgan fingerprint density at radius 1 is 1.15 bits per heavy atom. The summed E-state index contributed by atoms with van der Waals surface area (Å²) in [5.74, 6) is 1.83. The molecule has 1 atom stereocenters. The van der Waals surface area contributed by atoms with Crippen LogP contribution in [0.5, 0.6) is 11.5 Å². The molecule has 9 heteroatoms. The number of fused-ring (bicyclic) bond motifs is 3. The third kappa shape index (κ3) is 3.94. The molecule has 0 saturated carbocycles. The van der Waals surface area contributed by atoms with Crippen molar-refractivity contribution in [3.63, 3.8) is 0 Å². The number of aromatic nitrogens is 4. The van der Waals surface area contributed by atoms with Gasteiger partial charge in [-0.2, -0.15) is 0 Å². The van der Waals surface area contributed by atoms with Crippen molar-refractivity contribution in [2.24, 2.45) is 0 Å². The number of likely N-dealkylation sites (tertiary alicyclic amines) is 1. The van der Waals surface area contributed by atoms with Crippen molar-refractivity contribution in [2.75, 3.05) is 26.5 Å². The van der Waals surface area contributed by atoms with Crippen molar-refractivity contribution < 1.29 is 14.3 Å². The summed E-state index contributed by atoms with van der Waals surface area (Å²) >= 11 is 1.33. The van der Waals surface area contributed by atoms with Crippen LogP contribution in [-0.4, -0.2) is 57.1 Å². The third-order valence-electron chi connectivity index (χ3n) is 6.36. The van der Waals surface area contributed by atoms with Gasteiger partial charge in [0.25, 0.3) is 0 Å². The number of nitrogens with zero attached hydrogens (tertiary/aromatic N) is 5. The molecular weight excluding hydrogens is 450 g/mol. The van der Waals surface area contributed by atoms with E-state index in [4.69, 9.17) is 14.5 Å². The van der Waals surface area contributed by atoms with Gasteiger partial charge >= 0.3 is 0 Å². The molecule has 3 heterocycles. The molecule has 2 aromatic heterocycles. The largest absolute Gasteiger partial charge is 0.497 e. The summed E-state index contributed by atoms with van der Waals surface area (Å²) in [6.45, 7) is 3.58. The van der Waals surface area contributed by atoms with Crippen molar-refractivity contribution in [3.05, 3.63) is 48.0 Å². The molecule has 0 bridgehead atoms. The number of ether oxygens (including phenoxy) is 2. The molecule has 176 valence electrons. The minimum absolute atomic E-state index is 0.0395. The van der Waals surface area contributed by atoms with E-state index in [-0.39, 0.29) is 17.7 Å². The van der Waals surface area contributed by atoms with Crippen molar-refractivity contribution in [1.29, 1.82) is 0 Å². The first kappa shape index (κ1) is 22.5. The molecule has 0 radical (unpaired) electrons. The molecule has 8 nitrogen and oxygen atoms in total. The summed E-state index contributed by atoms with van der Waals surface area (Å²) in [4.78, 5) is 19.9. The van der Waals surface area contributed by atoms with E-state index < -0.39 is 0 Å². The topological polar surface area (TPSA) is 82.4 Å². The monoisotopic (exact) mass is 477 g/mol. The summed E-state index contributed by atoms with van der Waals surface area (Å²) in [5, 5.41) is 10.3. The number of hydrogen-bond donors (Lipinski definition) is 0. The van der Waals surface area contributed by atoms with Crippen LogP contribution in [-0.2, 0) is 11.3 Å². The molecule has 2 aromatic carbocycles. The maximum atomic E-state index is 13.2.